The van der Waals surface area contributed by atoms with Crippen LogP contribution in [0.5, 0.6) is 0 Å². The fourth-order valence-corrected chi connectivity index (χ4v) is 5.36. The average molecular weight is 512 g/mol. The van der Waals surface area contributed by atoms with E-state index in [4.69, 9.17) is 0 Å². The lowest BCUT2D eigenvalue weighted by molar-refractivity contribution is 0.497. The molecule has 3 rings (SSSR count). The van der Waals surface area contributed by atoms with Crippen LogP contribution in [0, 0.1) is 6.92 Å². The predicted molar refractivity (Wildman–Crippen MR) is 161 cm³/mol. The second kappa shape index (κ2) is 14.1. The molecule has 0 unspecified atom stereocenters. The molecule has 0 radical (unpaired) electrons. The SMILES string of the molecule is CC(C)c1ccccc1C(C)(C)C.CC(C)c1ncsc1C(C)C.Cc1cnn(C(C)C)c1C(C)C. The molecule has 0 N–H and O–H groups in total. The summed E-state index contributed by atoms with van der Waals surface area (Å²) in [5.41, 5.74) is 9.12. The first-order valence-corrected chi connectivity index (χ1v) is 14.5. The van der Waals surface area contributed by atoms with Gasteiger partial charge in [0.05, 0.1) is 17.4 Å². The highest BCUT2D eigenvalue weighted by molar-refractivity contribution is 7.09. The number of hydrogen-bond acceptors (Lipinski definition) is 3. The monoisotopic (exact) mass is 511 g/mol. The van der Waals surface area contributed by atoms with Crippen LogP contribution in [0.15, 0.2) is 36.0 Å². The summed E-state index contributed by atoms with van der Waals surface area (Å²) in [6.07, 6.45) is 1.95. The van der Waals surface area contributed by atoms with Crippen molar-refractivity contribution in [2.45, 2.75) is 132 Å². The standard InChI is InChI=1S/C13H20.C10H18N2.C9H15NS/c1-10(2)11-8-6-7-9-12(11)13(3,4)5;1-7(2)10-9(5)6-11-12(10)8(3)4;1-6(2)8-9(7(3)4)11-5-10-8/h6-10H,1-5H3;6-8H,1-5H3;5-7H,1-4H3. The zero-order valence-corrected chi connectivity index (χ0v) is 26.4. The smallest absolute Gasteiger partial charge is 0.0797 e. The van der Waals surface area contributed by atoms with Crippen LogP contribution in [-0.2, 0) is 5.41 Å². The van der Waals surface area contributed by atoms with Crippen molar-refractivity contribution in [3.8, 4) is 0 Å². The molecule has 36 heavy (non-hydrogen) atoms. The topological polar surface area (TPSA) is 30.7 Å². The average Bonchev–Trinajstić information content (AvgIpc) is 3.41. The largest absolute Gasteiger partial charge is 0.267 e. The Kier molecular flexibility index (Phi) is 12.6. The third-order valence-electron chi connectivity index (χ3n) is 6.15. The maximum atomic E-state index is 4.36. The lowest BCUT2D eigenvalue weighted by Gasteiger charge is -2.24. The minimum Gasteiger partial charge on any atom is -0.267 e. The van der Waals surface area contributed by atoms with E-state index < -0.39 is 0 Å². The fraction of sp³-hybridized carbons (Fsp3) is 0.625. The van der Waals surface area contributed by atoms with Gasteiger partial charge in [0.1, 0.15) is 0 Å². The quantitative estimate of drug-likeness (QED) is 0.341. The number of hydrogen-bond donors (Lipinski definition) is 0. The lowest BCUT2D eigenvalue weighted by Crippen LogP contribution is -2.14. The molecule has 0 saturated heterocycles. The van der Waals surface area contributed by atoms with E-state index in [2.05, 4.69) is 136 Å². The maximum Gasteiger partial charge on any atom is 0.0797 e. The Labute approximate surface area is 226 Å². The van der Waals surface area contributed by atoms with Crippen molar-refractivity contribution in [3.05, 3.63) is 68.9 Å². The third kappa shape index (κ3) is 9.18. The minimum absolute atomic E-state index is 0.265. The Morgan fingerprint density at radius 2 is 1.36 bits per heavy atom. The van der Waals surface area contributed by atoms with Crippen molar-refractivity contribution in [1.29, 1.82) is 0 Å². The first-order valence-electron chi connectivity index (χ1n) is 13.7. The van der Waals surface area contributed by atoms with Crippen LogP contribution in [-0.4, -0.2) is 14.8 Å². The molecule has 1 aromatic carbocycles. The van der Waals surface area contributed by atoms with E-state index in [1.807, 2.05) is 11.7 Å². The van der Waals surface area contributed by atoms with Crippen LogP contribution in [0.2, 0.25) is 0 Å². The zero-order valence-electron chi connectivity index (χ0n) is 25.6. The Balaban J connectivity index is 0.000000271. The summed E-state index contributed by atoms with van der Waals surface area (Å²) in [4.78, 5) is 5.80. The van der Waals surface area contributed by atoms with Crippen molar-refractivity contribution in [2.24, 2.45) is 0 Å². The number of benzene rings is 1. The second-order valence-electron chi connectivity index (χ2n) is 12.3. The van der Waals surface area contributed by atoms with Gasteiger partial charge in [0.25, 0.3) is 0 Å². The van der Waals surface area contributed by atoms with Crippen LogP contribution < -0.4 is 0 Å². The van der Waals surface area contributed by atoms with Gasteiger partial charge >= 0.3 is 0 Å². The normalized spacial score (nSPS) is 11.8. The van der Waals surface area contributed by atoms with Gasteiger partial charge in [-0.2, -0.15) is 5.10 Å². The van der Waals surface area contributed by atoms with E-state index in [1.165, 1.54) is 33.0 Å². The van der Waals surface area contributed by atoms with E-state index in [-0.39, 0.29) is 5.41 Å². The van der Waals surface area contributed by atoms with Gasteiger partial charge in [0, 0.05) is 16.6 Å². The van der Waals surface area contributed by atoms with Crippen molar-refractivity contribution >= 4 is 11.3 Å². The number of rotatable bonds is 5. The summed E-state index contributed by atoms with van der Waals surface area (Å²) < 4.78 is 2.11. The summed E-state index contributed by atoms with van der Waals surface area (Å²) in [7, 11) is 0. The van der Waals surface area contributed by atoms with E-state index in [1.54, 1.807) is 11.3 Å². The van der Waals surface area contributed by atoms with Crippen LogP contribution in [0.4, 0.5) is 0 Å². The Hall–Kier alpha value is -1.94. The van der Waals surface area contributed by atoms with E-state index >= 15 is 0 Å². The number of aryl methyl sites for hydroxylation is 1. The fourth-order valence-electron chi connectivity index (χ4n) is 4.40. The third-order valence-corrected chi connectivity index (χ3v) is 7.29. The lowest BCUT2D eigenvalue weighted by atomic mass is 9.81. The van der Waals surface area contributed by atoms with Gasteiger partial charge in [-0.3, -0.25) is 4.68 Å². The zero-order chi connectivity index (χ0) is 27.8. The van der Waals surface area contributed by atoms with Gasteiger partial charge in [-0.05, 0) is 66.5 Å². The van der Waals surface area contributed by atoms with Gasteiger partial charge < -0.3 is 0 Å². The number of aromatic nitrogens is 3. The molecule has 0 fully saturated rings. The molecule has 0 aliphatic heterocycles. The summed E-state index contributed by atoms with van der Waals surface area (Å²) in [5.74, 6) is 2.38. The highest BCUT2D eigenvalue weighted by atomic mass is 32.1. The van der Waals surface area contributed by atoms with Gasteiger partial charge in [-0.1, -0.05) is 100 Å². The molecule has 0 spiro atoms. The minimum atomic E-state index is 0.265. The first-order chi connectivity index (χ1) is 16.6. The molecule has 2 heterocycles. The second-order valence-corrected chi connectivity index (χ2v) is 13.2. The Morgan fingerprint density at radius 1 is 0.778 bits per heavy atom. The molecule has 0 aliphatic rings. The Morgan fingerprint density at radius 3 is 1.72 bits per heavy atom. The number of thiazole rings is 1. The molecular formula is C32H53N3S. The predicted octanol–water partition coefficient (Wildman–Crippen LogP) is 10.4. The van der Waals surface area contributed by atoms with Crippen LogP contribution in [0.25, 0.3) is 0 Å². The van der Waals surface area contributed by atoms with Crippen LogP contribution in [0.3, 0.4) is 0 Å². The molecule has 3 aromatic rings. The molecule has 4 heteroatoms. The summed E-state index contributed by atoms with van der Waals surface area (Å²) in [6, 6.07) is 9.22. The molecular weight excluding hydrogens is 458 g/mol. The van der Waals surface area contributed by atoms with Gasteiger partial charge in [0.15, 0.2) is 0 Å². The summed E-state index contributed by atoms with van der Waals surface area (Å²) >= 11 is 1.77. The summed E-state index contributed by atoms with van der Waals surface area (Å²) in [6.45, 7) is 31.0. The highest BCUT2D eigenvalue weighted by Crippen LogP contribution is 2.30. The van der Waals surface area contributed by atoms with Crippen LogP contribution in [0.1, 0.15) is 153 Å². The van der Waals surface area contributed by atoms with Crippen molar-refractivity contribution in [2.75, 3.05) is 0 Å². The molecule has 3 nitrogen and oxygen atoms in total. The Bertz CT molecular complexity index is 1010. The number of nitrogens with zero attached hydrogens (tertiary/aromatic N) is 3. The highest BCUT2D eigenvalue weighted by Gasteiger charge is 2.18. The molecule has 2 aromatic heterocycles. The van der Waals surface area contributed by atoms with E-state index in [0.29, 0.717) is 29.7 Å². The molecule has 202 valence electrons. The molecule has 0 atom stereocenters. The maximum absolute atomic E-state index is 4.36. The molecule has 0 amide bonds. The molecule has 0 saturated carbocycles. The van der Waals surface area contributed by atoms with Crippen molar-refractivity contribution in [3.63, 3.8) is 0 Å². The molecule has 0 aliphatic carbocycles. The van der Waals surface area contributed by atoms with Crippen molar-refractivity contribution < 1.29 is 0 Å². The molecule has 0 bridgehead atoms. The van der Waals surface area contributed by atoms with Crippen LogP contribution >= 0.6 is 11.3 Å². The van der Waals surface area contributed by atoms with Gasteiger partial charge in [-0.25, -0.2) is 4.98 Å². The van der Waals surface area contributed by atoms with E-state index in [9.17, 15) is 0 Å². The summed E-state index contributed by atoms with van der Waals surface area (Å²) in [5, 5.41) is 4.35. The first kappa shape index (κ1) is 32.1. The van der Waals surface area contributed by atoms with E-state index in [0.717, 1.165) is 0 Å². The van der Waals surface area contributed by atoms with Crippen molar-refractivity contribution in [1.82, 2.24) is 14.8 Å². The van der Waals surface area contributed by atoms with Gasteiger partial charge in [0.2, 0.25) is 0 Å². The van der Waals surface area contributed by atoms with Gasteiger partial charge in [-0.15, -0.1) is 11.3 Å².